The summed E-state index contributed by atoms with van der Waals surface area (Å²) in [6.07, 6.45) is 2.89. The summed E-state index contributed by atoms with van der Waals surface area (Å²) in [6, 6.07) is 6.47. The molecule has 16 heavy (non-hydrogen) atoms. The number of hydrogen-bond donors (Lipinski definition) is 2. The van der Waals surface area contributed by atoms with Crippen molar-refractivity contribution in [2.45, 2.75) is 6.42 Å². The van der Waals surface area contributed by atoms with Crippen LogP contribution in [0.4, 0.5) is 0 Å². The van der Waals surface area contributed by atoms with Gasteiger partial charge in [0.1, 0.15) is 0 Å². The van der Waals surface area contributed by atoms with Gasteiger partial charge in [-0.15, -0.1) is 0 Å². The molecule has 0 aliphatic carbocycles. The number of nitrogens with zero attached hydrogens (tertiary/aromatic N) is 2. The molecule has 2 aromatic rings. The first-order valence-electron chi connectivity index (χ1n) is 5.56. The predicted molar refractivity (Wildman–Crippen MR) is 66.3 cm³/mol. The summed E-state index contributed by atoms with van der Waals surface area (Å²) >= 11 is 0. The van der Waals surface area contributed by atoms with Crippen LogP contribution in [-0.2, 0) is 13.5 Å². The van der Waals surface area contributed by atoms with Crippen LogP contribution in [0.25, 0.3) is 11.0 Å². The van der Waals surface area contributed by atoms with Crippen LogP contribution in [0.3, 0.4) is 0 Å². The summed E-state index contributed by atoms with van der Waals surface area (Å²) in [5, 5.41) is 6.36. The van der Waals surface area contributed by atoms with Crippen LogP contribution in [-0.4, -0.2) is 29.8 Å². The molecule has 4 heteroatoms. The molecule has 2 rings (SSSR count). The van der Waals surface area contributed by atoms with Crippen LogP contribution in [0.5, 0.6) is 0 Å². The lowest BCUT2D eigenvalue weighted by Gasteiger charge is -2.04. The Kier molecular flexibility index (Phi) is 3.54. The Balaban J connectivity index is 2.02. The Morgan fingerprint density at radius 3 is 3.06 bits per heavy atom. The van der Waals surface area contributed by atoms with Gasteiger partial charge < -0.3 is 15.2 Å². The van der Waals surface area contributed by atoms with Gasteiger partial charge in [0.2, 0.25) is 0 Å². The third-order valence-corrected chi connectivity index (χ3v) is 2.68. The van der Waals surface area contributed by atoms with E-state index in [0.29, 0.717) is 0 Å². The molecule has 1 aromatic carbocycles. The van der Waals surface area contributed by atoms with Gasteiger partial charge in [-0.1, -0.05) is 6.07 Å². The molecule has 0 atom stereocenters. The highest BCUT2D eigenvalue weighted by Gasteiger charge is 2.00. The lowest BCUT2D eigenvalue weighted by atomic mass is 10.1. The Labute approximate surface area is 95.7 Å². The Bertz CT molecular complexity index is 461. The van der Waals surface area contributed by atoms with E-state index in [1.165, 1.54) is 11.1 Å². The van der Waals surface area contributed by atoms with Crippen molar-refractivity contribution in [3.63, 3.8) is 0 Å². The van der Waals surface area contributed by atoms with Gasteiger partial charge in [-0.05, 0) is 31.2 Å². The second kappa shape index (κ2) is 5.09. The van der Waals surface area contributed by atoms with Crippen LogP contribution in [0, 0.1) is 0 Å². The molecular weight excluding hydrogens is 200 g/mol. The molecule has 0 spiro atoms. The van der Waals surface area contributed by atoms with E-state index >= 15 is 0 Å². The number of rotatable bonds is 5. The Hall–Kier alpha value is -1.39. The molecule has 0 fully saturated rings. The molecule has 1 heterocycles. The number of nitrogens with one attached hydrogen (secondary N) is 2. The summed E-state index contributed by atoms with van der Waals surface area (Å²) in [5.41, 5.74) is 3.59. The second-order valence-electron chi connectivity index (χ2n) is 3.96. The van der Waals surface area contributed by atoms with Crippen molar-refractivity contribution < 1.29 is 0 Å². The van der Waals surface area contributed by atoms with E-state index in [-0.39, 0.29) is 0 Å². The molecule has 1 aromatic heterocycles. The average molecular weight is 218 g/mol. The van der Waals surface area contributed by atoms with Gasteiger partial charge in [-0.2, -0.15) is 0 Å². The molecule has 0 aliphatic heterocycles. The van der Waals surface area contributed by atoms with E-state index in [9.17, 15) is 0 Å². The van der Waals surface area contributed by atoms with E-state index < -0.39 is 0 Å². The standard InChI is InChI=1S/C12H18N4/c1-13-8-14-6-5-10-3-4-12-11(7-10)15-9-16(12)2/h3-4,7,9,13-14H,5-6,8H2,1-2H3. The minimum atomic E-state index is 0.853. The fraction of sp³-hybridized carbons (Fsp3) is 0.417. The van der Waals surface area contributed by atoms with Crippen LogP contribution in [0.15, 0.2) is 24.5 Å². The molecule has 0 bridgehead atoms. The van der Waals surface area contributed by atoms with E-state index in [2.05, 4.69) is 33.8 Å². The SMILES string of the molecule is CNCNCCc1ccc2c(c1)ncn2C. The first-order chi connectivity index (χ1) is 7.81. The minimum absolute atomic E-state index is 0.853. The highest BCUT2D eigenvalue weighted by atomic mass is 15.0. The van der Waals surface area contributed by atoms with Gasteiger partial charge >= 0.3 is 0 Å². The molecule has 0 saturated heterocycles. The van der Waals surface area contributed by atoms with Gasteiger partial charge in [-0.25, -0.2) is 4.98 Å². The molecule has 0 saturated carbocycles. The van der Waals surface area contributed by atoms with Gasteiger partial charge in [0.25, 0.3) is 0 Å². The summed E-state index contributed by atoms with van der Waals surface area (Å²) in [6.45, 7) is 1.84. The van der Waals surface area contributed by atoms with Gasteiger partial charge in [0, 0.05) is 20.3 Å². The predicted octanol–water partition coefficient (Wildman–Crippen LogP) is 0.882. The lowest BCUT2D eigenvalue weighted by Crippen LogP contribution is -2.27. The smallest absolute Gasteiger partial charge is 0.0955 e. The summed E-state index contributed by atoms with van der Waals surface area (Å²) in [5.74, 6) is 0. The van der Waals surface area contributed by atoms with E-state index in [1.807, 2.05) is 25.0 Å². The molecular formula is C12H18N4. The number of hydrogen-bond acceptors (Lipinski definition) is 3. The summed E-state index contributed by atoms with van der Waals surface area (Å²) < 4.78 is 2.04. The summed E-state index contributed by atoms with van der Waals surface area (Å²) in [4.78, 5) is 4.35. The number of imidazole rings is 1. The average Bonchev–Trinajstić information content (AvgIpc) is 2.66. The van der Waals surface area contributed by atoms with Crippen molar-refractivity contribution in [1.29, 1.82) is 0 Å². The lowest BCUT2D eigenvalue weighted by molar-refractivity contribution is 0.631. The summed E-state index contributed by atoms with van der Waals surface area (Å²) in [7, 11) is 3.95. The van der Waals surface area contributed by atoms with Gasteiger partial charge in [0.15, 0.2) is 0 Å². The second-order valence-corrected chi connectivity index (χ2v) is 3.96. The first-order valence-corrected chi connectivity index (χ1v) is 5.56. The van der Waals surface area contributed by atoms with Crippen molar-refractivity contribution in [2.75, 3.05) is 20.3 Å². The molecule has 86 valence electrons. The molecule has 0 radical (unpaired) electrons. The quantitative estimate of drug-likeness (QED) is 0.578. The minimum Gasteiger partial charge on any atom is -0.334 e. The van der Waals surface area contributed by atoms with E-state index in [0.717, 1.165) is 25.2 Å². The van der Waals surface area contributed by atoms with Crippen LogP contribution in [0.2, 0.25) is 0 Å². The van der Waals surface area contributed by atoms with Crippen molar-refractivity contribution >= 4 is 11.0 Å². The Morgan fingerprint density at radius 2 is 2.25 bits per heavy atom. The number of benzene rings is 1. The largest absolute Gasteiger partial charge is 0.334 e. The molecule has 0 aliphatic rings. The normalized spacial score (nSPS) is 11.1. The molecule has 0 unspecified atom stereocenters. The van der Waals surface area contributed by atoms with Crippen molar-refractivity contribution in [3.05, 3.63) is 30.1 Å². The number of aromatic nitrogens is 2. The fourth-order valence-corrected chi connectivity index (χ4v) is 1.78. The van der Waals surface area contributed by atoms with Crippen LogP contribution >= 0.6 is 0 Å². The van der Waals surface area contributed by atoms with Crippen molar-refractivity contribution in [2.24, 2.45) is 7.05 Å². The van der Waals surface area contributed by atoms with Crippen molar-refractivity contribution in [1.82, 2.24) is 20.2 Å². The van der Waals surface area contributed by atoms with E-state index in [4.69, 9.17) is 0 Å². The zero-order valence-electron chi connectivity index (χ0n) is 9.83. The zero-order chi connectivity index (χ0) is 11.4. The Morgan fingerprint density at radius 1 is 1.38 bits per heavy atom. The fourth-order valence-electron chi connectivity index (χ4n) is 1.78. The third-order valence-electron chi connectivity index (χ3n) is 2.68. The maximum Gasteiger partial charge on any atom is 0.0955 e. The third kappa shape index (κ3) is 2.40. The maximum atomic E-state index is 4.35. The molecule has 2 N–H and O–H groups in total. The number of aryl methyl sites for hydroxylation is 1. The van der Waals surface area contributed by atoms with Gasteiger partial charge in [0.05, 0.1) is 17.4 Å². The number of fused-ring (bicyclic) bond motifs is 1. The highest BCUT2D eigenvalue weighted by molar-refractivity contribution is 5.75. The maximum absolute atomic E-state index is 4.35. The first kappa shape index (κ1) is 11.1. The van der Waals surface area contributed by atoms with Crippen LogP contribution in [0.1, 0.15) is 5.56 Å². The highest BCUT2D eigenvalue weighted by Crippen LogP contribution is 2.13. The van der Waals surface area contributed by atoms with Crippen molar-refractivity contribution in [3.8, 4) is 0 Å². The molecule has 4 nitrogen and oxygen atoms in total. The monoisotopic (exact) mass is 218 g/mol. The zero-order valence-corrected chi connectivity index (χ0v) is 9.83. The topological polar surface area (TPSA) is 41.9 Å². The molecule has 0 amide bonds. The van der Waals surface area contributed by atoms with Gasteiger partial charge in [-0.3, -0.25) is 0 Å². The van der Waals surface area contributed by atoms with Crippen LogP contribution < -0.4 is 10.6 Å². The van der Waals surface area contributed by atoms with E-state index in [1.54, 1.807) is 0 Å².